The van der Waals surface area contributed by atoms with Crippen LogP contribution in [-0.2, 0) is 6.54 Å². The fourth-order valence-electron chi connectivity index (χ4n) is 1.52. The molecule has 2 aromatic rings. The molecule has 0 saturated heterocycles. The molecule has 1 amide bonds. The van der Waals surface area contributed by atoms with Crippen LogP contribution in [0, 0.1) is 0 Å². The summed E-state index contributed by atoms with van der Waals surface area (Å²) in [5, 5.41) is 3.51. The Balaban J connectivity index is 2.09. The molecule has 0 fully saturated rings. The summed E-state index contributed by atoms with van der Waals surface area (Å²) in [6.07, 6.45) is 3.20. The van der Waals surface area contributed by atoms with Crippen molar-refractivity contribution in [3.8, 4) is 0 Å². The quantitative estimate of drug-likeness (QED) is 0.910. The molecule has 0 unspecified atom stereocenters. The first-order valence-corrected chi connectivity index (χ1v) is 6.34. The van der Waals surface area contributed by atoms with E-state index in [1.807, 2.05) is 0 Å². The average molecular weight is 299 g/mol. The van der Waals surface area contributed by atoms with Gasteiger partial charge in [-0.15, -0.1) is 0 Å². The molecular formula is C12H12Cl2N4O. The Hall–Kier alpha value is -1.56. The van der Waals surface area contributed by atoms with Gasteiger partial charge in [-0.25, -0.2) is 4.98 Å². The van der Waals surface area contributed by atoms with Crippen LogP contribution in [0.4, 0.5) is 5.69 Å². The lowest BCUT2D eigenvalue weighted by atomic mass is 10.3. The van der Waals surface area contributed by atoms with Crippen LogP contribution in [-0.4, -0.2) is 22.0 Å². The Labute approximate surface area is 120 Å². The molecular weight excluding hydrogens is 287 g/mol. The van der Waals surface area contributed by atoms with Crippen LogP contribution >= 0.6 is 23.2 Å². The van der Waals surface area contributed by atoms with Crippen molar-refractivity contribution < 1.29 is 4.79 Å². The summed E-state index contributed by atoms with van der Waals surface area (Å²) in [7, 11) is 0. The van der Waals surface area contributed by atoms with Crippen molar-refractivity contribution in [3.05, 3.63) is 46.5 Å². The molecule has 0 spiro atoms. The molecule has 1 heterocycles. The van der Waals surface area contributed by atoms with Gasteiger partial charge in [0.2, 0.25) is 0 Å². The number of nitrogens with one attached hydrogen (secondary N) is 1. The summed E-state index contributed by atoms with van der Waals surface area (Å²) in [5.41, 5.74) is 6.31. The Morgan fingerprint density at radius 1 is 1.37 bits per heavy atom. The van der Waals surface area contributed by atoms with Gasteiger partial charge in [-0.1, -0.05) is 23.2 Å². The summed E-state index contributed by atoms with van der Waals surface area (Å²) in [5.74, 6) is -0.311. The molecule has 0 radical (unpaired) electrons. The van der Waals surface area contributed by atoms with Crippen LogP contribution < -0.4 is 11.1 Å². The van der Waals surface area contributed by atoms with Crippen molar-refractivity contribution in [1.29, 1.82) is 0 Å². The van der Waals surface area contributed by atoms with Crippen molar-refractivity contribution >= 4 is 34.8 Å². The van der Waals surface area contributed by atoms with Crippen LogP contribution in [0.15, 0.2) is 30.7 Å². The minimum Gasteiger partial charge on any atom is -0.335 e. The molecule has 0 saturated carbocycles. The van der Waals surface area contributed by atoms with Gasteiger partial charge in [0.15, 0.2) is 0 Å². The van der Waals surface area contributed by atoms with Gasteiger partial charge in [0.05, 0.1) is 16.4 Å². The predicted octanol–water partition coefficient (Wildman–Crippen LogP) is 2.40. The van der Waals surface area contributed by atoms with E-state index in [9.17, 15) is 4.79 Å². The van der Waals surface area contributed by atoms with E-state index in [4.69, 9.17) is 28.9 Å². The fourth-order valence-corrected chi connectivity index (χ4v) is 1.82. The number of imidazole rings is 1. The van der Waals surface area contributed by atoms with Crippen LogP contribution in [0.1, 0.15) is 10.5 Å². The number of halogens is 2. The topological polar surface area (TPSA) is 72.9 Å². The van der Waals surface area contributed by atoms with E-state index < -0.39 is 0 Å². The van der Waals surface area contributed by atoms with E-state index in [0.29, 0.717) is 34.5 Å². The minimum atomic E-state index is -0.311. The number of aromatic nitrogens is 2. The first-order chi connectivity index (χ1) is 9.10. The second-order valence-electron chi connectivity index (χ2n) is 3.87. The third-order valence-corrected chi connectivity index (χ3v) is 3.17. The van der Waals surface area contributed by atoms with Crippen LogP contribution in [0.5, 0.6) is 0 Å². The maximum Gasteiger partial charge on any atom is 0.275 e. The van der Waals surface area contributed by atoms with Gasteiger partial charge in [0.25, 0.3) is 5.91 Å². The first-order valence-electron chi connectivity index (χ1n) is 5.58. The Morgan fingerprint density at radius 3 is 2.84 bits per heavy atom. The number of rotatable bonds is 4. The molecule has 100 valence electrons. The lowest BCUT2D eigenvalue weighted by Gasteiger charge is -2.04. The van der Waals surface area contributed by atoms with Gasteiger partial charge in [0, 0.05) is 25.0 Å². The summed E-state index contributed by atoms with van der Waals surface area (Å²) < 4.78 is 1.75. The standard InChI is InChI=1S/C12H12Cl2N4O/c13-9-2-1-8(5-10(9)14)17-12(19)11-6-18(4-3-15)7-16-11/h1-2,5-7H,3-4,15H2,(H,17,19). The number of hydrogen-bond acceptors (Lipinski definition) is 3. The normalized spacial score (nSPS) is 10.5. The number of carbonyl (C=O) groups is 1. The summed E-state index contributed by atoms with van der Waals surface area (Å²) in [6, 6.07) is 4.87. The monoisotopic (exact) mass is 298 g/mol. The number of carbonyl (C=O) groups excluding carboxylic acids is 1. The third kappa shape index (κ3) is 3.47. The second kappa shape index (κ2) is 6.06. The lowest BCUT2D eigenvalue weighted by Crippen LogP contribution is -2.12. The van der Waals surface area contributed by atoms with Gasteiger partial charge in [0.1, 0.15) is 5.69 Å². The molecule has 1 aromatic heterocycles. The molecule has 3 N–H and O–H groups in total. The SMILES string of the molecule is NCCn1cnc(C(=O)Nc2ccc(Cl)c(Cl)c2)c1. The van der Waals surface area contributed by atoms with Gasteiger partial charge in [-0.3, -0.25) is 4.79 Å². The van der Waals surface area contributed by atoms with Gasteiger partial charge >= 0.3 is 0 Å². The first kappa shape index (κ1) is 13.9. The summed E-state index contributed by atoms with van der Waals surface area (Å²) >= 11 is 11.7. The van der Waals surface area contributed by atoms with Gasteiger partial charge < -0.3 is 15.6 Å². The molecule has 1 aromatic carbocycles. The highest BCUT2D eigenvalue weighted by Crippen LogP contribution is 2.25. The molecule has 5 nitrogen and oxygen atoms in total. The Kier molecular flexibility index (Phi) is 4.42. The maximum atomic E-state index is 11.9. The van der Waals surface area contributed by atoms with E-state index in [-0.39, 0.29) is 5.91 Å². The molecule has 0 aliphatic heterocycles. The van der Waals surface area contributed by atoms with Crippen molar-refractivity contribution in [1.82, 2.24) is 9.55 Å². The molecule has 7 heteroatoms. The number of benzene rings is 1. The fraction of sp³-hybridized carbons (Fsp3) is 0.167. The van der Waals surface area contributed by atoms with E-state index in [0.717, 1.165) is 0 Å². The highest BCUT2D eigenvalue weighted by molar-refractivity contribution is 6.42. The van der Waals surface area contributed by atoms with Crippen LogP contribution in [0.25, 0.3) is 0 Å². The Bertz CT molecular complexity index is 597. The predicted molar refractivity (Wildman–Crippen MR) is 75.7 cm³/mol. The molecule has 0 atom stereocenters. The zero-order chi connectivity index (χ0) is 13.8. The smallest absolute Gasteiger partial charge is 0.275 e. The zero-order valence-electron chi connectivity index (χ0n) is 9.94. The number of amides is 1. The molecule has 0 aliphatic carbocycles. The molecule has 0 bridgehead atoms. The lowest BCUT2D eigenvalue weighted by molar-refractivity contribution is 0.102. The van der Waals surface area contributed by atoms with Crippen molar-refractivity contribution in [3.63, 3.8) is 0 Å². The Morgan fingerprint density at radius 2 is 2.16 bits per heavy atom. The van der Waals surface area contributed by atoms with E-state index in [2.05, 4.69) is 10.3 Å². The number of anilines is 1. The van der Waals surface area contributed by atoms with Gasteiger partial charge in [-0.2, -0.15) is 0 Å². The molecule has 2 rings (SSSR count). The third-order valence-electron chi connectivity index (χ3n) is 2.43. The second-order valence-corrected chi connectivity index (χ2v) is 4.68. The van der Waals surface area contributed by atoms with E-state index in [1.165, 1.54) is 0 Å². The van der Waals surface area contributed by atoms with Crippen molar-refractivity contribution in [2.45, 2.75) is 6.54 Å². The van der Waals surface area contributed by atoms with Crippen LogP contribution in [0.3, 0.4) is 0 Å². The molecule has 0 aliphatic rings. The zero-order valence-corrected chi connectivity index (χ0v) is 11.4. The largest absolute Gasteiger partial charge is 0.335 e. The number of nitrogens with zero attached hydrogens (tertiary/aromatic N) is 2. The number of hydrogen-bond donors (Lipinski definition) is 2. The minimum absolute atomic E-state index is 0.311. The molecule has 19 heavy (non-hydrogen) atoms. The highest BCUT2D eigenvalue weighted by Gasteiger charge is 2.10. The number of nitrogens with two attached hydrogens (primary N) is 1. The summed E-state index contributed by atoms with van der Waals surface area (Å²) in [6.45, 7) is 1.11. The van der Waals surface area contributed by atoms with E-state index in [1.54, 1.807) is 35.3 Å². The highest BCUT2D eigenvalue weighted by atomic mass is 35.5. The van der Waals surface area contributed by atoms with Crippen molar-refractivity contribution in [2.24, 2.45) is 5.73 Å². The average Bonchev–Trinajstić information content (AvgIpc) is 2.83. The van der Waals surface area contributed by atoms with Gasteiger partial charge in [-0.05, 0) is 18.2 Å². The maximum absolute atomic E-state index is 11.9. The van der Waals surface area contributed by atoms with Crippen LogP contribution in [0.2, 0.25) is 10.0 Å². The van der Waals surface area contributed by atoms with E-state index >= 15 is 0 Å². The van der Waals surface area contributed by atoms with Crippen molar-refractivity contribution in [2.75, 3.05) is 11.9 Å². The summed E-state index contributed by atoms with van der Waals surface area (Å²) in [4.78, 5) is 15.9.